The number of ether oxygens (including phenoxy) is 9. The molecule has 218 valence electrons. The molecule has 0 bridgehead atoms. The normalized spacial score (nSPS) is 15.6. The number of rotatable bonds is 27. The van der Waals surface area contributed by atoms with E-state index < -0.39 is 5.97 Å². The lowest BCUT2D eigenvalue weighted by Gasteiger charge is -2.22. The molecular weight excluding hydrogens is 492 g/mol. The van der Waals surface area contributed by atoms with Crippen LogP contribution in [0.5, 0.6) is 0 Å². The zero-order valence-electron chi connectivity index (χ0n) is 22.1. The summed E-state index contributed by atoms with van der Waals surface area (Å²) in [7, 11) is 0. The van der Waals surface area contributed by atoms with Gasteiger partial charge in [0, 0.05) is 19.4 Å². The Morgan fingerprint density at radius 3 is 1.54 bits per heavy atom. The first-order valence-electron chi connectivity index (χ1n) is 13.3. The van der Waals surface area contributed by atoms with E-state index in [1.54, 1.807) is 0 Å². The fraction of sp³-hybridized carbons (Fsp3) is 0.920. The Hall–Kier alpha value is -1.38. The van der Waals surface area contributed by atoms with Crippen LogP contribution >= 0.6 is 0 Å². The molecule has 12 heteroatoms. The quantitative estimate of drug-likeness (QED) is 0.121. The van der Waals surface area contributed by atoms with Crippen LogP contribution in [0.3, 0.4) is 0 Å². The summed E-state index contributed by atoms with van der Waals surface area (Å²) in [6.45, 7) is 7.06. The van der Waals surface area contributed by atoms with Gasteiger partial charge in [-0.25, -0.2) is 0 Å². The summed E-state index contributed by atoms with van der Waals surface area (Å²) >= 11 is 0. The molecule has 0 aromatic rings. The Morgan fingerprint density at radius 2 is 1.08 bits per heavy atom. The molecule has 1 N–H and O–H groups in total. The number of aliphatic carboxylic acids is 1. The summed E-state index contributed by atoms with van der Waals surface area (Å²) in [6.07, 6.45) is 4.42. The van der Waals surface area contributed by atoms with Gasteiger partial charge in [0.25, 0.3) is 0 Å². The first-order valence-corrected chi connectivity index (χ1v) is 13.3. The van der Waals surface area contributed by atoms with E-state index in [-0.39, 0.29) is 31.7 Å². The van der Waals surface area contributed by atoms with Crippen molar-refractivity contribution in [3.05, 3.63) is 0 Å². The van der Waals surface area contributed by atoms with Gasteiger partial charge in [0.05, 0.1) is 85.9 Å². The Bertz CT molecular complexity index is 528. The van der Waals surface area contributed by atoms with Gasteiger partial charge >= 0.3 is 11.9 Å². The first-order chi connectivity index (χ1) is 18.2. The van der Waals surface area contributed by atoms with Crippen LogP contribution in [0.1, 0.15) is 44.9 Å². The summed E-state index contributed by atoms with van der Waals surface area (Å²) in [5.41, 5.74) is 0. The summed E-state index contributed by atoms with van der Waals surface area (Å²) in [5, 5.41) is 8.52. The molecule has 37 heavy (non-hydrogen) atoms. The standard InChI is InChI=1S/C25H46O12/c26-23(27)5-1-2-6-24(28)35-21-19-33-17-15-31-13-11-29-9-10-30-12-14-32-16-18-34-20-22-37-25-7-3-4-8-36-25/h25H,1-22H2,(H,26,27). The molecule has 0 aromatic heterocycles. The third-order valence-corrected chi connectivity index (χ3v) is 5.04. The average Bonchev–Trinajstić information content (AvgIpc) is 2.90. The molecule has 1 saturated heterocycles. The van der Waals surface area contributed by atoms with E-state index in [0.717, 1.165) is 25.9 Å². The minimum atomic E-state index is -0.859. The van der Waals surface area contributed by atoms with Crippen LogP contribution in [0, 0.1) is 0 Å². The smallest absolute Gasteiger partial charge is 0.305 e. The number of esters is 1. The van der Waals surface area contributed by atoms with Crippen molar-refractivity contribution in [1.29, 1.82) is 0 Å². The van der Waals surface area contributed by atoms with Crippen LogP contribution in [0.15, 0.2) is 0 Å². The third kappa shape index (κ3) is 24.7. The maximum Gasteiger partial charge on any atom is 0.305 e. The van der Waals surface area contributed by atoms with Crippen LogP contribution in [-0.4, -0.2) is 122 Å². The molecule has 1 heterocycles. The van der Waals surface area contributed by atoms with Crippen LogP contribution in [0.25, 0.3) is 0 Å². The second-order valence-corrected chi connectivity index (χ2v) is 8.16. The number of carboxylic acids is 1. The average molecular weight is 539 g/mol. The second kappa shape index (κ2) is 26.2. The van der Waals surface area contributed by atoms with E-state index in [0.29, 0.717) is 98.7 Å². The van der Waals surface area contributed by atoms with Gasteiger partial charge < -0.3 is 47.7 Å². The molecule has 0 spiro atoms. The number of unbranched alkanes of at least 4 members (excludes halogenated alkanes) is 1. The van der Waals surface area contributed by atoms with E-state index in [9.17, 15) is 9.59 Å². The summed E-state index contributed by atoms with van der Waals surface area (Å²) in [4.78, 5) is 21.8. The highest BCUT2D eigenvalue weighted by Crippen LogP contribution is 2.13. The van der Waals surface area contributed by atoms with Crippen LogP contribution < -0.4 is 0 Å². The molecule has 1 aliphatic rings. The summed E-state index contributed by atoms with van der Waals surface area (Å²) in [5.74, 6) is -1.20. The van der Waals surface area contributed by atoms with E-state index >= 15 is 0 Å². The molecule has 12 nitrogen and oxygen atoms in total. The predicted molar refractivity (Wildman–Crippen MR) is 132 cm³/mol. The molecule has 1 aliphatic heterocycles. The Balaban J connectivity index is 1.66. The topological polar surface area (TPSA) is 137 Å². The molecule has 1 rings (SSSR count). The second-order valence-electron chi connectivity index (χ2n) is 8.16. The van der Waals surface area contributed by atoms with Gasteiger partial charge in [-0.2, -0.15) is 0 Å². The van der Waals surface area contributed by atoms with Gasteiger partial charge in [-0.05, 0) is 32.1 Å². The van der Waals surface area contributed by atoms with Gasteiger partial charge in [-0.1, -0.05) is 0 Å². The van der Waals surface area contributed by atoms with Gasteiger partial charge in [-0.15, -0.1) is 0 Å². The molecule has 0 aliphatic carbocycles. The minimum absolute atomic E-state index is 0.0657. The highest BCUT2D eigenvalue weighted by atomic mass is 16.7. The fourth-order valence-electron chi connectivity index (χ4n) is 3.11. The first kappa shape index (κ1) is 33.6. The van der Waals surface area contributed by atoms with Crippen molar-refractivity contribution in [3.8, 4) is 0 Å². The maximum absolute atomic E-state index is 11.4. The number of carbonyl (C=O) groups excluding carboxylic acids is 1. The van der Waals surface area contributed by atoms with E-state index in [2.05, 4.69) is 0 Å². The molecule has 1 fully saturated rings. The molecule has 0 amide bonds. The fourth-order valence-corrected chi connectivity index (χ4v) is 3.11. The van der Waals surface area contributed by atoms with Gasteiger partial charge in [0.2, 0.25) is 0 Å². The molecule has 0 saturated carbocycles. The molecule has 0 radical (unpaired) electrons. The molecule has 1 unspecified atom stereocenters. The summed E-state index contributed by atoms with van der Waals surface area (Å²) < 4.78 is 48.5. The molecule has 1 atom stereocenters. The SMILES string of the molecule is O=C(O)CCCCC(=O)OCCOCCOCCOCCOCCOCCOCCOC1CCCCO1. The van der Waals surface area contributed by atoms with E-state index in [1.165, 1.54) is 0 Å². The lowest BCUT2D eigenvalue weighted by molar-refractivity contribution is -0.169. The van der Waals surface area contributed by atoms with Crippen LogP contribution in [0.4, 0.5) is 0 Å². The Kier molecular flexibility index (Phi) is 23.9. The van der Waals surface area contributed by atoms with Crippen molar-refractivity contribution in [2.75, 3.05) is 99.1 Å². The minimum Gasteiger partial charge on any atom is -0.481 e. The third-order valence-electron chi connectivity index (χ3n) is 5.04. The lowest BCUT2D eigenvalue weighted by atomic mass is 10.2. The van der Waals surface area contributed by atoms with Crippen molar-refractivity contribution in [1.82, 2.24) is 0 Å². The zero-order valence-corrected chi connectivity index (χ0v) is 22.1. The van der Waals surface area contributed by atoms with Gasteiger partial charge in [-0.3, -0.25) is 9.59 Å². The number of carbonyl (C=O) groups is 2. The molecule has 0 aromatic carbocycles. The predicted octanol–water partition coefficient (Wildman–Crippen LogP) is 1.82. The van der Waals surface area contributed by atoms with Crippen molar-refractivity contribution in [3.63, 3.8) is 0 Å². The Labute approximate surface area is 220 Å². The zero-order chi connectivity index (χ0) is 26.7. The van der Waals surface area contributed by atoms with Crippen LogP contribution in [0.2, 0.25) is 0 Å². The van der Waals surface area contributed by atoms with Crippen molar-refractivity contribution in [2.24, 2.45) is 0 Å². The largest absolute Gasteiger partial charge is 0.481 e. The van der Waals surface area contributed by atoms with Crippen molar-refractivity contribution < 1.29 is 57.3 Å². The Morgan fingerprint density at radius 1 is 0.622 bits per heavy atom. The molecular formula is C25H46O12. The van der Waals surface area contributed by atoms with Crippen LogP contribution in [-0.2, 0) is 52.2 Å². The number of hydrogen-bond acceptors (Lipinski definition) is 11. The van der Waals surface area contributed by atoms with Crippen molar-refractivity contribution in [2.45, 2.75) is 51.2 Å². The van der Waals surface area contributed by atoms with Gasteiger partial charge in [0.15, 0.2) is 6.29 Å². The highest BCUT2D eigenvalue weighted by molar-refractivity contribution is 5.69. The monoisotopic (exact) mass is 538 g/mol. The lowest BCUT2D eigenvalue weighted by Crippen LogP contribution is -2.24. The highest BCUT2D eigenvalue weighted by Gasteiger charge is 2.13. The van der Waals surface area contributed by atoms with E-state index in [1.807, 2.05) is 0 Å². The number of carboxylic acid groups (broad SMARTS) is 1. The van der Waals surface area contributed by atoms with E-state index in [4.69, 9.17) is 47.7 Å². The number of hydrogen-bond donors (Lipinski definition) is 1. The maximum atomic E-state index is 11.4. The summed E-state index contributed by atoms with van der Waals surface area (Å²) in [6, 6.07) is 0. The van der Waals surface area contributed by atoms with Gasteiger partial charge in [0.1, 0.15) is 6.61 Å². The van der Waals surface area contributed by atoms with Crippen molar-refractivity contribution >= 4 is 11.9 Å².